The summed E-state index contributed by atoms with van der Waals surface area (Å²) in [7, 11) is 0. The van der Waals surface area contributed by atoms with Crippen LogP contribution >= 0.6 is 15.9 Å². The summed E-state index contributed by atoms with van der Waals surface area (Å²) in [5.41, 5.74) is 0.600. The van der Waals surface area contributed by atoms with Crippen LogP contribution in [0.3, 0.4) is 0 Å². The van der Waals surface area contributed by atoms with Gasteiger partial charge in [0.05, 0.1) is 0 Å². The standard InChI is InChI=1S/C11H11BrO2/c1-11(7-6-10(13)14-11)8-4-2-3-5-9(8)12/h2-5H,6-7H2,1H3. The predicted molar refractivity (Wildman–Crippen MR) is 56.8 cm³/mol. The van der Waals surface area contributed by atoms with Gasteiger partial charge in [-0.15, -0.1) is 0 Å². The lowest BCUT2D eigenvalue weighted by molar-refractivity contribution is -0.147. The molecule has 1 fully saturated rings. The van der Waals surface area contributed by atoms with Gasteiger partial charge in [-0.3, -0.25) is 4.79 Å². The van der Waals surface area contributed by atoms with Crippen molar-refractivity contribution in [1.29, 1.82) is 0 Å². The number of carbonyl (C=O) groups excluding carboxylic acids is 1. The molecular weight excluding hydrogens is 244 g/mol. The third-order valence-electron chi connectivity index (χ3n) is 2.59. The number of ether oxygens (including phenoxy) is 1. The highest BCUT2D eigenvalue weighted by Crippen LogP contribution is 2.39. The van der Waals surface area contributed by atoms with Gasteiger partial charge in [0, 0.05) is 22.9 Å². The first kappa shape index (κ1) is 9.71. The Balaban J connectivity index is 2.40. The molecule has 0 aliphatic carbocycles. The van der Waals surface area contributed by atoms with Crippen LogP contribution in [-0.4, -0.2) is 5.97 Å². The number of halogens is 1. The molecule has 14 heavy (non-hydrogen) atoms. The molecule has 0 amide bonds. The van der Waals surface area contributed by atoms with E-state index in [9.17, 15) is 4.79 Å². The lowest BCUT2D eigenvalue weighted by Gasteiger charge is -2.24. The van der Waals surface area contributed by atoms with Gasteiger partial charge in [0.2, 0.25) is 0 Å². The highest BCUT2D eigenvalue weighted by molar-refractivity contribution is 9.10. The van der Waals surface area contributed by atoms with E-state index in [1.165, 1.54) is 0 Å². The van der Waals surface area contributed by atoms with Crippen LogP contribution in [0.2, 0.25) is 0 Å². The van der Waals surface area contributed by atoms with Crippen LogP contribution in [0.25, 0.3) is 0 Å². The van der Waals surface area contributed by atoms with Gasteiger partial charge in [-0.2, -0.15) is 0 Å². The third-order valence-corrected chi connectivity index (χ3v) is 3.28. The zero-order valence-electron chi connectivity index (χ0n) is 7.92. The minimum Gasteiger partial charge on any atom is -0.454 e. The Morgan fingerprint density at radius 3 is 2.71 bits per heavy atom. The average Bonchev–Trinajstić information content (AvgIpc) is 2.48. The molecular formula is C11H11BrO2. The van der Waals surface area contributed by atoms with Gasteiger partial charge in [0.1, 0.15) is 5.60 Å². The van der Waals surface area contributed by atoms with Crippen LogP contribution in [0.4, 0.5) is 0 Å². The fourth-order valence-corrected chi connectivity index (χ4v) is 2.48. The number of cyclic esters (lactones) is 1. The number of hydrogen-bond acceptors (Lipinski definition) is 2. The average molecular weight is 255 g/mol. The minimum atomic E-state index is -0.447. The van der Waals surface area contributed by atoms with Gasteiger partial charge >= 0.3 is 5.97 Å². The third kappa shape index (κ3) is 1.57. The summed E-state index contributed by atoms with van der Waals surface area (Å²) in [4.78, 5) is 11.1. The molecule has 1 heterocycles. The predicted octanol–water partition coefficient (Wildman–Crippen LogP) is 3.00. The van der Waals surface area contributed by atoms with Crippen molar-refractivity contribution in [2.45, 2.75) is 25.4 Å². The van der Waals surface area contributed by atoms with E-state index in [1.807, 2.05) is 31.2 Å². The SMILES string of the molecule is CC1(c2ccccc2Br)CCC(=O)O1. The molecule has 74 valence electrons. The van der Waals surface area contributed by atoms with Crippen molar-refractivity contribution in [2.24, 2.45) is 0 Å². The Morgan fingerprint density at radius 1 is 1.43 bits per heavy atom. The summed E-state index contributed by atoms with van der Waals surface area (Å²) in [5.74, 6) is -0.108. The number of benzene rings is 1. The van der Waals surface area contributed by atoms with Gasteiger partial charge in [-0.05, 0) is 13.0 Å². The molecule has 1 atom stereocenters. The molecule has 0 bridgehead atoms. The van der Waals surface area contributed by atoms with Crippen molar-refractivity contribution in [1.82, 2.24) is 0 Å². The van der Waals surface area contributed by atoms with Crippen molar-refractivity contribution < 1.29 is 9.53 Å². The van der Waals surface area contributed by atoms with E-state index in [2.05, 4.69) is 15.9 Å². The van der Waals surface area contributed by atoms with Crippen LogP contribution in [0.5, 0.6) is 0 Å². The first-order valence-corrected chi connectivity index (χ1v) is 5.38. The quantitative estimate of drug-likeness (QED) is 0.721. The number of carbonyl (C=O) groups is 1. The number of esters is 1. The second-order valence-electron chi connectivity index (χ2n) is 3.68. The number of hydrogen-bond donors (Lipinski definition) is 0. The van der Waals surface area contributed by atoms with Crippen molar-refractivity contribution in [3.63, 3.8) is 0 Å². The molecule has 0 saturated carbocycles. The molecule has 2 rings (SSSR count). The molecule has 1 aromatic rings. The summed E-state index contributed by atoms with van der Waals surface area (Å²) < 4.78 is 6.34. The van der Waals surface area contributed by atoms with Crippen LogP contribution in [0, 0.1) is 0 Å². The Labute approximate surface area is 91.4 Å². The Bertz CT molecular complexity index is 375. The van der Waals surface area contributed by atoms with Crippen molar-refractivity contribution in [2.75, 3.05) is 0 Å². The Kier molecular flexibility index (Phi) is 2.35. The zero-order chi connectivity index (χ0) is 10.2. The lowest BCUT2D eigenvalue weighted by Crippen LogP contribution is -2.21. The second kappa shape index (κ2) is 3.39. The monoisotopic (exact) mass is 254 g/mol. The van der Waals surface area contributed by atoms with E-state index in [4.69, 9.17) is 4.74 Å². The van der Waals surface area contributed by atoms with Gasteiger partial charge in [-0.1, -0.05) is 34.1 Å². The van der Waals surface area contributed by atoms with Crippen molar-refractivity contribution in [3.05, 3.63) is 34.3 Å². The molecule has 0 N–H and O–H groups in total. The van der Waals surface area contributed by atoms with Gasteiger partial charge in [0.25, 0.3) is 0 Å². The lowest BCUT2D eigenvalue weighted by atomic mass is 9.93. The summed E-state index contributed by atoms with van der Waals surface area (Å²) in [6.45, 7) is 1.96. The normalized spacial score (nSPS) is 26.3. The van der Waals surface area contributed by atoms with E-state index >= 15 is 0 Å². The molecule has 1 unspecified atom stereocenters. The molecule has 0 spiro atoms. The molecule has 1 aliphatic rings. The topological polar surface area (TPSA) is 26.3 Å². The molecule has 0 aromatic heterocycles. The van der Waals surface area contributed by atoms with Gasteiger partial charge in [0.15, 0.2) is 0 Å². The smallest absolute Gasteiger partial charge is 0.306 e. The fraction of sp³-hybridized carbons (Fsp3) is 0.364. The first-order valence-electron chi connectivity index (χ1n) is 4.59. The van der Waals surface area contributed by atoms with Gasteiger partial charge < -0.3 is 4.74 Å². The first-order chi connectivity index (χ1) is 6.62. The molecule has 1 aromatic carbocycles. The van der Waals surface area contributed by atoms with Crippen LogP contribution in [-0.2, 0) is 15.1 Å². The largest absolute Gasteiger partial charge is 0.454 e. The molecule has 1 aliphatic heterocycles. The maximum absolute atomic E-state index is 11.1. The highest BCUT2D eigenvalue weighted by atomic mass is 79.9. The van der Waals surface area contributed by atoms with E-state index in [1.54, 1.807) is 0 Å². The molecule has 2 nitrogen and oxygen atoms in total. The van der Waals surface area contributed by atoms with E-state index in [-0.39, 0.29) is 5.97 Å². The maximum atomic E-state index is 11.1. The van der Waals surface area contributed by atoms with E-state index in [0.717, 1.165) is 16.5 Å². The van der Waals surface area contributed by atoms with Crippen LogP contribution < -0.4 is 0 Å². The maximum Gasteiger partial charge on any atom is 0.306 e. The minimum absolute atomic E-state index is 0.108. The fourth-order valence-electron chi connectivity index (χ4n) is 1.77. The van der Waals surface area contributed by atoms with Crippen molar-refractivity contribution >= 4 is 21.9 Å². The molecule has 1 saturated heterocycles. The Morgan fingerprint density at radius 2 is 2.14 bits per heavy atom. The van der Waals surface area contributed by atoms with Gasteiger partial charge in [-0.25, -0.2) is 0 Å². The summed E-state index contributed by atoms with van der Waals surface area (Å²) >= 11 is 3.47. The van der Waals surface area contributed by atoms with Crippen LogP contribution in [0.15, 0.2) is 28.7 Å². The summed E-state index contributed by atoms with van der Waals surface area (Å²) in [6, 6.07) is 7.86. The Hall–Kier alpha value is -0.830. The van der Waals surface area contributed by atoms with E-state index in [0.29, 0.717) is 6.42 Å². The van der Waals surface area contributed by atoms with Crippen LogP contribution in [0.1, 0.15) is 25.3 Å². The zero-order valence-corrected chi connectivity index (χ0v) is 9.50. The molecule has 3 heteroatoms. The van der Waals surface area contributed by atoms with E-state index < -0.39 is 5.60 Å². The number of rotatable bonds is 1. The molecule has 0 radical (unpaired) electrons. The highest BCUT2D eigenvalue weighted by Gasteiger charge is 2.38. The summed E-state index contributed by atoms with van der Waals surface area (Å²) in [5, 5.41) is 0. The van der Waals surface area contributed by atoms with Crippen molar-refractivity contribution in [3.8, 4) is 0 Å². The summed E-state index contributed by atoms with van der Waals surface area (Å²) in [6.07, 6.45) is 1.27. The second-order valence-corrected chi connectivity index (χ2v) is 4.54.